The minimum atomic E-state index is -0.848. The van der Waals surface area contributed by atoms with E-state index in [-0.39, 0.29) is 39.2 Å². The fourth-order valence-corrected chi connectivity index (χ4v) is 5.10. The first-order valence-electron chi connectivity index (χ1n) is 12.1. The van der Waals surface area contributed by atoms with Gasteiger partial charge in [0, 0.05) is 16.3 Å². The molecule has 2 amide bonds. The Morgan fingerprint density at radius 2 is 1.73 bits per heavy atom. The van der Waals surface area contributed by atoms with Crippen LogP contribution in [0.1, 0.15) is 39.7 Å². The van der Waals surface area contributed by atoms with Crippen LogP contribution in [0.3, 0.4) is 0 Å². The van der Waals surface area contributed by atoms with Crippen LogP contribution >= 0.6 is 46.4 Å². The third-order valence-electron chi connectivity index (χ3n) is 5.94. The van der Waals surface area contributed by atoms with E-state index < -0.39 is 12.0 Å². The number of nitrogens with zero attached hydrogens (tertiary/aromatic N) is 2. The Bertz CT molecular complexity index is 1500. The molecule has 3 aromatic carbocycles. The van der Waals surface area contributed by atoms with Crippen molar-refractivity contribution in [3.05, 3.63) is 74.2 Å². The Morgan fingerprint density at radius 1 is 1.05 bits per heavy atom. The Morgan fingerprint density at radius 3 is 2.38 bits per heavy atom. The molecule has 210 valence electrons. The molecule has 1 atom stereocenters. The summed E-state index contributed by atoms with van der Waals surface area (Å²) in [6, 6.07) is 12.6. The molecule has 1 unspecified atom stereocenters. The van der Waals surface area contributed by atoms with Gasteiger partial charge in [0.25, 0.3) is 11.8 Å². The number of amides is 2. The topological polar surface area (TPSA) is 103 Å². The van der Waals surface area contributed by atoms with E-state index in [1.165, 1.54) is 17.1 Å². The van der Waals surface area contributed by atoms with E-state index in [1.807, 2.05) is 20.8 Å². The summed E-state index contributed by atoms with van der Waals surface area (Å²) >= 11 is 24.9. The number of hydrazine groups is 1. The lowest BCUT2D eigenvalue weighted by atomic mass is 9.86. The molecule has 1 aliphatic heterocycles. The Labute approximate surface area is 251 Å². The molecule has 40 heavy (non-hydrogen) atoms. The van der Waals surface area contributed by atoms with E-state index >= 15 is 0 Å². The molecule has 1 heterocycles. The number of aliphatic imine (C=N–C) groups is 1. The Kier molecular flexibility index (Phi) is 8.75. The SMILES string of the molecule is CC(Oc1ccc(O)c(C(C)(C)C)c1)C(=O)Nc1ccc(Cl)c(N=C2CC(=O)N(c3c(Cl)cc(Cl)cc3Cl)N2)c1. The number of phenolic OH excluding ortho intramolecular Hbond substituents is 1. The molecule has 0 saturated carbocycles. The summed E-state index contributed by atoms with van der Waals surface area (Å²) in [5.74, 6) is 0.180. The van der Waals surface area contributed by atoms with E-state index in [1.54, 1.807) is 43.3 Å². The molecule has 0 radical (unpaired) electrons. The number of nitrogens with one attached hydrogen (secondary N) is 2. The highest BCUT2D eigenvalue weighted by Gasteiger charge is 2.30. The molecular formula is C28H26Cl4N4O4. The highest BCUT2D eigenvalue weighted by Crippen LogP contribution is 2.38. The summed E-state index contributed by atoms with van der Waals surface area (Å²) in [6.07, 6.45) is -0.907. The van der Waals surface area contributed by atoms with Gasteiger partial charge in [-0.1, -0.05) is 67.2 Å². The largest absolute Gasteiger partial charge is 0.508 e. The number of benzene rings is 3. The number of carbonyl (C=O) groups excluding carboxylic acids is 2. The molecule has 0 spiro atoms. The van der Waals surface area contributed by atoms with Gasteiger partial charge in [-0.2, -0.15) is 0 Å². The van der Waals surface area contributed by atoms with Gasteiger partial charge in [0.15, 0.2) is 6.10 Å². The lowest BCUT2D eigenvalue weighted by Crippen LogP contribution is -2.36. The van der Waals surface area contributed by atoms with E-state index in [2.05, 4.69) is 15.7 Å². The monoisotopic (exact) mass is 622 g/mol. The van der Waals surface area contributed by atoms with Crippen LogP contribution in [0, 0.1) is 0 Å². The Hall–Kier alpha value is -3.17. The lowest BCUT2D eigenvalue weighted by molar-refractivity contribution is -0.122. The van der Waals surface area contributed by atoms with Crippen LogP contribution in [-0.2, 0) is 15.0 Å². The van der Waals surface area contributed by atoms with Crippen molar-refractivity contribution in [1.82, 2.24) is 5.43 Å². The van der Waals surface area contributed by atoms with Crippen LogP contribution in [0.25, 0.3) is 0 Å². The maximum atomic E-state index is 12.9. The van der Waals surface area contributed by atoms with Crippen LogP contribution in [-0.4, -0.2) is 28.9 Å². The van der Waals surface area contributed by atoms with Gasteiger partial charge in [0.1, 0.15) is 23.0 Å². The summed E-state index contributed by atoms with van der Waals surface area (Å²) in [7, 11) is 0. The summed E-state index contributed by atoms with van der Waals surface area (Å²) in [5.41, 5.74) is 4.30. The third-order valence-corrected chi connectivity index (χ3v) is 7.06. The molecule has 4 rings (SSSR count). The van der Waals surface area contributed by atoms with Gasteiger partial charge in [-0.25, -0.2) is 10.0 Å². The number of aromatic hydroxyl groups is 1. The van der Waals surface area contributed by atoms with E-state index in [9.17, 15) is 14.7 Å². The molecule has 8 nitrogen and oxygen atoms in total. The van der Waals surface area contributed by atoms with Gasteiger partial charge in [-0.05, 0) is 60.9 Å². The fourth-order valence-electron chi connectivity index (χ4n) is 3.96. The summed E-state index contributed by atoms with van der Waals surface area (Å²) in [4.78, 5) is 30.1. The van der Waals surface area contributed by atoms with Crippen molar-refractivity contribution in [2.45, 2.75) is 45.6 Å². The van der Waals surface area contributed by atoms with Crippen LogP contribution in [0.2, 0.25) is 20.1 Å². The first-order chi connectivity index (χ1) is 18.7. The highest BCUT2D eigenvalue weighted by atomic mass is 35.5. The van der Waals surface area contributed by atoms with E-state index in [4.69, 9.17) is 51.1 Å². The number of phenols is 1. The predicted octanol–water partition coefficient (Wildman–Crippen LogP) is 7.68. The second kappa shape index (κ2) is 11.7. The average molecular weight is 624 g/mol. The van der Waals surface area contributed by atoms with Gasteiger partial charge < -0.3 is 15.2 Å². The molecule has 0 aromatic heterocycles. The van der Waals surface area contributed by atoms with Crippen LogP contribution in [0.15, 0.2) is 53.5 Å². The zero-order chi connectivity index (χ0) is 29.4. The maximum absolute atomic E-state index is 12.9. The number of ether oxygens (including phenoxy) is 1. The van der Waals surface area contributed by atoms with Gasteiger partial charge in [0.05, 0.1) is 27.2 Å². The predicted molar refractivity (Wildman–Crippen MR) is 161 cm³/mol. The molecule has 0 bridgehead atoms. The van der Waals surface area contributed by atoms with Crippen LogP contribution in [0.5, 0.6) is 11.5 Å². The van der Waals surface area contributed by atoms with Crippen molar-refractivity contribution in [3.63, 3.8) is 0 Å². The molecule has 0 aliphatic carbocycles. The van der Waals surface area contributed by atoms with Crippen LogP contribution in [0.4, 0.5) is 17.1 Å². The minimum Gasteiger partial charge on any atom is -0.508 e. The summed E-state index contributed by atoms with van der Waals surface area (Å²) in [5, 5.41) is 15.2. The number of carbonyl (C=O) groups is 2. The van der Waals surface area contributed by atoms with E-state index in [0.29, 0.717) is 38.6 Å². The summed E-state index contributed by atoms with van der Waals surface area (Å²) < 4.78 is 5.83. The maximum Gasteiger partial charge on any atom is 0.265 e. The second-order valence-corrected chi connectivity index (χ2v) is 11.8. The first kappa shape index (κ1) is 29.8. The van der Waals surface area contributed by atoms with Gasteiger partial charge >= 0.3 is 0 Å². The molecule has 1 saturated heterocycles. The van der Waals surface area contributed by atoms with Gasteiger partial charge in [-0.15, -0.1) is 0 Å². The minimum absolute atomic E-state index is 0.0593. The summed E-state index contributed by atoms with van der Waals surface area (Å²) in [6.45, 7) is 7.53. The number of anilines is 2. The lowest BCUT2D eigenvalue weighted by Gasteiger charge is -2.22. The molecule has 3 aromatic rings. The molecule has 1 fully saturated rings. The Balaban J connectivity index is 1.48. The molecule has 12 heteroatoms. The number of hydrogen-bond acceptors (Lipinski definition) is 5. The number of hydrogen-bond donors (Lipinski definition) is 3. The van der Waals surface area contributed by atoms with Gasteiger partial charge in [0.2, 0.25) is 0 Å². The van der Waals surface area contributed by atoms with Crippen molar-refractivity contribution in [2.75, 3.05) is 10.3 Å². The number of amidine groups is 1. The number of halogens is 4. The van der Waals surface area contributed by atoms with Crippen molar-refractivity contribution < 1.29 is 19.4 Å². The quantitative estimate of drug-likeness (QED) is 0.261. The second-order valence-electron chi connectivity index (χ2n) is 10.1. The van der Waals surface area contributed by atoms with Crippen molar-refractivity contribution in [2.24, 2.45) is 4.99 Å². The van der Waals surface area contributed by atoms with Gasteiger partial charge in [-0.3, -0.25) is 15.0 Å². The van der Waals surface area contributed by atoms with E-state index in [0.717, 1.165) is 0 Å². The average Bonchev–Trinajstić information content (AvgIpc) is 3.20. The highest BCUT2D eigenvalue weighted by molar-refractivity contribution is 6.42. The smallest absolute Gasteiger partial charge is 0.265 e. The normalized spacial score (nSPS) is 15.2. The van der Waals surface area contributed by atoms with Crippen molar-refractivity contribution in [3.8, 4) is 11.5 Å². The van der Waals surface area contributed by atoms with Crippen molar-refractivity contribution >= 4 is 81.1 Å². The molecule has 1 aliphatic rings. The number of rotatable bonds is 6. The molecular weight excluding hydrogens is 598 g/mol. The standard InChI is InChI=1S/C28H26Cl4N4O4/c1-14(40-17-6-8-23(37)18(12-17)28(2,3)4)27(39)33-16-5-7-19(30)22(11-16)34-24-13-25(38)36(35-24)26-20(31)9-15(29)10-21(26)32/h5-12,14,37H,13H2,1-4H3,(H,33,39)(H,34,35). The fraction of sp³-hybridized carbons (Fsp3) is 0.250. The zero-order valence-electron chi connectivity index (χ0n) is 22.0. The van der Waals surface area contributed by atoms with Crippen LogP contribution < -0.4 is 20.5 Å². The first-order valence-corrected chi connectivity index (χ1v) is 13.7. The van der Waals surface area contributed by atoms with Crippen molar-refractivity contribution in [1.29, 1.82) is 0 Å². The molecule has 3 N–H and O–H groups in total. The zero-order valence-corrected chi connectivity index (χ0v) is 25.0. The third kappa shape index (κ3) is 6.75.